The van der Waals surface area contributed by atoms with E-state index in [1.54, 1.807) is 0 Å². The summed E-state index contributed by atoms with van der Waals surface area (Å²) in [6, 6.07) is 24.1. The molecule has 0 unspecified atom stereocenters. The number of aromatic nitrogens is 2. The van der Waals surface area contributed by atoms with Crippen LogP contribution in [0.15, 0.2) is 72.8 Å². The predicted molar refractivity (Wildman–Crippen MR) is 132 cm³/mol. The largest absolute Gasteiger partial charge is 0.489 e. The van der Waals surface area contributed by atoms with Gasteiger partial charge in [-0.2, -0.15) is 8.75 Å². The van der Waals surface area contributed by atoms with E-state index < -0.39 is 0 Å². The monoisotopic (exact) mass is 459 g/mol. The van der Waals surface area contributed by atoms with Crippen molar-refractivity contribution < 1.29 is 9.53 Å². The van der Waals surface area contributed by atoms with Crippen molar-refractivity contribution in [3.8, 4) is 5.75 Å². The van der Waals surface area contributed by atoms with E-state index in [9.17, 15) is 4.79 Å². The van der Waals surface area contributed by atoms with Gasteiger partial charge < -0.3 is 15.0 Å². The number of carbonyl (C=O) groups is 1. The second kappa shape index (κ2) is 9.97. The Hall–Kier alpha value is -3.49. The minimum Gasteiger partial charge on any atom is -0.489 e. The van der Waals surface area contributed by atoms with Crippen LogP contribution in [0.5, 0.6) is 5.75 Å². The highest BCUT2D eigenvalue weighted by atomic mass is 32.1. The smallest absolute Gasteiger partial charge is 0.238 e. The quantitative estimate of drug-likeness (QED) is 0.450. The zero-order valence-electron chi connectivity index (χ0n) is 18.2. The van der Waals surface area contributed by atoms with Crippen molar-refractivity contribution in [2.75, 3.05) is 42.9 Å². The van der Waals surface area contributed by atoms with Crippen molar-refractivity contribution in [3.05, 3.63) is 78.4 Å². The number of hydrogen-bond acceptors (Lipinski definition) is 7. The first-order chi connectivity index (χ1) is 16.2. The van der Waals surface area contributed by atoms with Gasteiger partial charge in [-0.05, 0) is 42.0 Å². The van der Waals surface area contributed by atoms with Crippen molar-refractivity contribution in [1.82, 2.24) is 13.6 Å². The average Bonchev–Trinajstić information content (AvgIpc) is 3.34. The molecule has 1 N–H and O–H groups in total. The molecule has 2 heterocycles. The number of hydrogen-bond donors (Lipinski definition) is 1. The lowest BCUT2D eigenvalue weighted by atomic mass is 10.2. The van der Waals surface area contributed by atoms with E-state index in [2.05, 4.69) is 48.1 Å². The molecule has 168 valence electrons. The maximum atomic E-state index is 12.6. The molecule has 0 radical (unpaired) electrons. The van der Waals surface area contributed by atoms with Gasteiger partial charge in [0.1, 0.15) is 23.4 Å². The molecule has 0 aliphatic carbocycles. The lowest BCUT2D eigenvalue weighted by Crippen LogP contribution is -2.48. The summed E-state index contributed by atoms with van der Waals surface area (Å²) in [5.74, 6) is 0.840. The van der Waals surface area contributed by atoms with E-state index in [-0.39, 0.29) is 5.91 Å². The van der Waals surface area contributed by atoms with E-state index in [0.717, 1.165) is 65.9 Å². The number of nitrogens with zero attached hydrogens (tertiary/aromatic N) is 4. The van der Waals surface area contributed by atoms with Gasteiger partial charge >= 0.3 is 0 Å². The van der Waals surface area contributed by atoms with E-state index in [0.29, 0.717) is 13.2 Å². The minimum absolute atomic E-state index is 0.0242. The van der Waals surface area contributed by atoms with Crippen LogP contribution in [0.4, 0.5) is 11.4 Å². The van der Waals surface area contributed by atoms with Crippen LogP contribution in [0.1, 0.15) is 5.56 Å². The van der Waals surface area contributed by atoms with Gasteiger partial charge in [0, 0.05) is 31.9 Å². The van der Waals surface area contributed by atoms with Crippen LogP contribution in [0, 0.1) is 0 Å². The lowest BCUT2D eigenvalue weighted by molar-refractivity contribution is -0.117. The maximum Gasteiger partial charge on any atom is 0.238 e. The Morgan fingerprint density at radius 2 is 1.70 bits per heavy atom. The topological polar surface area (TPSA) is 70.6 Å². The molecule has 7 nitrogen and oxygen atoms in total. The van der Waals surface area contributed by atoms with E-state index >= 15 is 0 Å². The first kappa shape index (κ1) is 21.4. The molecule has 0 saturated carbocycles. The summed E-state index contributed by atoms with van der Waals surface area (Å²) in [6.07, 6.45) is 0. The molecular formula is C25H25N5O2S. The summed E-state index contributed by atoms with van der Waals surface area (Å²) < 4.78 is 14.4. The van der Waals surface area contributed by atoms with Gasteiger partial charge in [-0.15, -0.1) is 0 Å². The predicted octanol–water partition coefficient (Wildman–Crippen LogP) is 4.03. The Balaban J connectivity index is 1.09. The third kappa shape index (κ3) is 5.30. The summed E-state index contributed by atoms with van der Waals surface area (Å²) >= 11 is 1.16. The van der Waals surface area contributed by atoms with Crippen molar-refractivity contribution >= 4 is 40.0 Å². The third-order valence-corrected chi connectivity index (χ3v) is 6.29. The number of benzene rings is 3. The number of piperazine rings is 1. The first-order valence-corrected chi connectivity index (χ1v) is 11.7. The number of ether oxygens (including phenoxy) is 1. The van der Waals surface area contributed by atoms with Crippen LogP contribution in [0.2, 0.25) is 0 Å². The SMILES string of the molecule is O=C(CN1CCN(c2ccc(OCc3ccccc3)cc2)CC1)Nc1cccc2nsnc12. The van der Waals surface area contributed by atoms with Gasteiger partial charge in [0.25, 0.3) is 0 Å². The van der Waals surface area contributed by atoms with Crippen LogP contribution in [-0.4, -0.2) is 52.3 Å². The molecule has 5 rings (SSSR count). The maximum absolute atomic E-state index is 12.6. The molecule has 1 saturated heterocycles. The van der Waals surface area contributed by atoms with E-state index in [1.807, 2.05) is 48.5 Å². The number of rotatable bonds is 7. The van der Waals surface area contributed by atoms with Crippen molar-refractivity contribution in [2.45, 2.75) is 6.61 Å². The van der Waals surface area contributed by atoms with Gasteiger partial charge in [0.05, 0.1) is 24.0 Å². The Morgan fingerprint density at radius 3 is 2.48 bits per heavy atom. The fraction of sp³-hybridized carbons (Fsp3) is 0.240. The second-order valence-corrected chi connectivity index (χ2v) is 8.55. The first-order valence-electron chi connectivity index (χ1n) is 11.0. The molecule has 1 aliphatic heterocycles. The molecule has 4 aromatic rings. The molecular weight excluding hydrogens is 434 g/mol. The van der Waals surface area contributed by atoms with Crippen LogP contribution in [0.25, 0.3) is 11.0 Å². The molecule has 0 spiro atoms. The van der Waals surface area contributed by atoms with Gasteiger partial charge in [0.15, 0.2) is 0 Å². The van der Waals surface area contributed by atoms with Gasteiger partial charge in [0.2, 0.25) is 5.91 Å². The van der Waals surface area contributed by atoms with Crippen LogP contribution in [0.3, 0.4) is 0 Å². The Kier molecular flexibility index (Phi) is 6.46. The molecule has 3 aromatic carbocycles. The fourth-order valence-electron chi connectivity index (χ4n) is 3.96. The number of nitrogens with one attached hydrogen (secondary N) is 1. The molecule has 1 aliphatic rings. The highest BCUT2D eigenvalue weighted by Crippen LogP contribution is 2.23. The normalized spacial score (nSPS) is 14.4. The fourth-order valence-corrected chi connectivity index (χ4v) is 4.51. The third-order valence-electron chi connectivity index (χ3n) is 5.75. The molecule has 1 amide bonds. The van der Waals surface area contributed by atoms with Crippen LogP contribution >= 0.6 is 11.7 Å². The molecule has 0 atom stereocenters. The zero-order chi connectivity index (χ0) is 22.5. The van der Waals surface area contributed by atoms with E-state index in [1.165, 1.54) is 5.69 Å². The summed E-state index contributed by atoms with van der Waals surface area (Å²) in [5, 5.41) is 2.99. The number of anilines is 2. The molecule has 0 bridgehead atoms. The summed E-state index contributed by atoms with van der Waals surface area (Å²) in [5.41, 5.74) is 4.61. The summed E-state index contributed by atoms with van der Waals surface area (Å²) in [4.78, 5) is 17.1. The Morgan fingerprint density at radius 1 is 0.909 bits per heavy atom. The minimum atomic E-state index is -0.0242. The van der Waals surface area contributed by atoms with Crippen LogP contribution < -0.4 is 15.0 Å². The average molecular weight is 460 g/mol. The molecule has 8 heteroatoms. The highest BCUT2D eigenvalue weighted by Gasteiger charge is 2.20. The standard InChI is InChI=1S/C25H25N5O2S/c31-24(26-22-7-4-8-23-25(22)28-33-27-23)17-29-13-15-30(16-14-29)20-9-11-21(12-10-20)32-18-19-5-2-1-3-6-19/h1-12H,13-18H2,(H,26,31). The number of amides is 1. The number of fused-ring (bicyclic) bond motifs is 1. The second-order valence-electron chi connectivity index (χ2n) is 8.02. The number of carbonyl (C=O) groups excluding carboxylic acids is 1. The van der Waals surface area contributed by atoms with Crippen molar-refractivity contribution in [1.29, 1.82) is 0 Å². The van der Waals surface area contributed by atoms with E-state index in [4.69, 9.17) is 4.74 Å². The zero-order valence-corrected chi connectivity index (χ0v) is 19.0. The lowest BCUT2D eigenvalue weighted by Gasteiger charge is -2.35. The van der Waals surface area contributed by atoms with Crippen LogP contribution in [-0.2, 0) is 11.4 Å². The molecule has 1 fully saturated rings. The van der Waals surface area contributed by atoms with Crippen molar-refractivity contribution in [2.24, 2.45) is 0 Å². The molecule has 33 heavy (non-hydrogen) atoms. The van der Waals surface area contributed by atoms with Crippen molar-refractivity contribution in [3.63, 3.8) is 0 Å². The molecule has 1 aromatic heterocycles. The van der Waals surface area contributed by atoms with Gasteiger partial charge in [-0.3, -0.25) is 9.69 Å². The summed E-state index contributed by atoms with van der Waals surface area (Å²) in [6.45, 7) is 4.36. The highest BCUT2D eigenvalue weighted by molar-refractivity contribution is 7.00. The Bertz CT molecular complexity index is 1200. The Labute approximate surface area is 196 Å². The van der Waals surface area contributed by atoms with Gasteiger partial charge in [-0.1, -0.05) is 36.4 Å². The van der Waals surface area contributed by atoms with Gasteiger partial charge in [-0.25, -0.2) is 0 Å². The summed E-state index contributed by atoms with van der Waals surface area (Å²) in [7, 11) is 0.